The fraction of sp³-hybridized carbons (Fsp3) is 0.444. The van der Waals surface area contributed by atoms with Crippen LogP contribution in [0.25, 0.3) is 21.7 Å². The number of esters is 2. The van der Waals surface area contributed by atoms with Gasteiger partial charge in [0.2, 0.25) is 0 Å². The van der Waals surface area contributed by atoms with Crippen molar-refractivity contribution in [2.24, 2.45) is 5.11 Å². The molecule has 1 fully saturated rings. The van der Waals surface area contributed by atoms with Crippen LogP contribution in [0.15, 0.2) is 23.4 Å². The van der Waals surface area contributed by atoms with E-state index < -0.39 is 53.9 Å². The van der Waals surface area contributed by atoms with Crippen molar-refractivity contribution < 1.29 is 37.0 Å². The van der Waals surface area contributed by atoms with Gasteiger partial charge in [-0.05, 0) is 17.7 Å². The highest BCUT2D eigenvalue weighted by molar-refractivity contribution is 5.66. The van der Waals surface area contributed by atoms with Gasteiger partial charge < -0.3 is 14.2 Å². The standard InChI is InChI=1S/C18H17F3N6O5/c1-8(28)30-7-15-18(31-9(2)29)14(5-16(32-15)24-25-22)27-6-13(23-26-27)10-3-11(19)17(21)12(20)4-10/h3-4,6,14-16,18H,5,7H2,1-2H3/t14-,15-,16?,18+/m1/s1. The maximum atomic E-state index is 13.6. The van der Waals surface area contributed by atoms with Crippen molar-refractivity contribution in [1.29, 1.82) is 0 Å². The quantitative estimate of drug-likeness (QED) is 0.215. The maximum Gasteiger partial charge on any atom is 0.303 e. The van der Waals surface area contributed by atoms with E-state index >= 15 is 0 Å². The summed E-state index contributed by atoms with van der Waals surface area (Å²) in [5.74, 6) is -5.69. The van der Waals surface area contributed by atoms with Crippen molar-refractivity contribution in [2.75, 3.05) is 6.61 Å². The first-order chi connectivity index (χ1) is 15.2. The number of rotatable bonds is 6. The SMILES string of the molecule is CC(=O)OC[C@H]1OC(N=[N+]=[N-])C[C@@H](n2cc(-c3cc(F)c(F)c(F)c3)nn2)[C@@H]1OC(C)=O. The van der Waals surface area contributed by atoms with Crippen molar-refractivity contribution in [1.82, 2.24) is 15.0 Å². The topological polar surface area (TPSA) is 141 Å². The molecule has 1 unspecified atom stereocenters. The van der Waals surface area contributed by atoms with E-state index in [4.69, 9.17) is 19.7 Å². The summed E-state index contributed by atoms with van der Waals surface area (Å²) in [5.41, 5.74) is 8.72. The lowest BCUT2D eigenvalue weighted by Crippen LogP contribution is -2.50. The summed E-state index contributed by atoms with van der Waals surface area (Å²) in [4.78, 5) is 25.6. The summed E-state index contributed by atoms with van der Waals surface area (Å²) in [6.07, 6.45) is -1.77. The van der Waals surface area contributed by atoms with Gasteiger partial charge >= 0.3 is 11.9 Å². The summed E-state index contributed by atoms with van der Waals surface area (Å²) in [6.45, 7) is 2.03. The summed E-state index contributed by atoms with van der Waals surface area (Å²) in [5, 5.41) is 11.3. The van der Waals surface area contributed by atoms with E-state index in [2.05, 4.69) is 20.3 Å². The Kier molecular flexibility index (Phi) is 6.95. The van der Waals surface area contributed by atoms with Crippen molar-refractivity contribution in [2.45, 2.75) is 44.7 Å². The molecule has 2 aromatic rings. The molecule has 4 atom stereocenters. The van der Waals surface area contributed by atoms with Crippen LogP contribution in [-0.2, 0) is 23.8 Å². The molecule has 0 saturated carbocycles. The number of halogens is 3. The van der Waals surface area contributed by atoms with Crippen LogP contribution in [0, 0.1) is 17.5 Å². The number of ether oxygens (including phenoxy) is 3. The zero-order valence-electron chi connectivity index (χ0n) is 16.8. The van der Waals surface area contributed by atoms with E-state index in [9.17, 15) is 22.8 Å². The minimum absolute atomic E-state index is 0.00643. The predicted molar refractivity (Wildman–Crippen MR) is 99.0 cm³/mol. The molecule has 0 spiro atoms. The molecular formula is C18H17F3N6O5. The van der Waals surface area contributed by atoms with Gasteiger partial charge in [0.05, 0.1) is 12.2 Å². The van der Waals surface area contributed by atoms with Gasteiger partial charge in [0, 0.05) is 30.7 Å². The molecule has 1 aliphatic heterocycles. The largest absolute Gasteiger partial charge is 0.463 e. The highest BCUT2D eigenvalue weighted by Gasteiger charge is 2.43. The van der Waals surface area contributed by atoms with E-state index in [1.165, 1.54) is 17.8 Å². The van der Waals surface area contributed by atoms with Crippen LogP contribution >= 0.6 is 0 Å². The average molecular weight is 454 g/mol. The first-order valence-electron chi connectivity index (χ1n) is 9.26. The van der Waals surface area contributed by atoms with Crippen LogP contribution in [0.4, 0.5) is 13.2 Å². The lowest BCUT2D eigenvalue weighted by atomic mass is 9.98. The van der Waals surface area contributed by atoms with Crippen molar-refractivity contribution in [3.05, 3.63) is 46.2 Å². The molecular weight excluding hydrogens is 437 g/mol. The van der Waals surface area contributed by atoms with E-state index in [0.717, 1.165) is 19.1 Å². The number of azide groups is 1. The van der Waals surface area contributed by atoms with Gasteiger partial charge in [-0.25, -0.2) is 17.9 Å². The zero-order valence-corrected chi connectivity index (χ0v) is 16.8. The number of aromatic nitrogens is 3. The minimum atomic E-state index is -1.62. The van der Waals surface area contributed by atoms with Crippen LogP contribution in [0.2, 0.25) is 0 Å². The second-order valence-electron chi connectivity index (χ2n) is 6.85. The molecule has 14 heteroatoms. The Morgan fingerprint density at radius 3 is 2.56 bits per heavy atom. The van der Waals surface area contributed by atoms with E-state index in [1.807, 2.05) is 0 Å². The highest BCUT2D eigenvalue weighted by atomic mass is 19.2. The molecule has 1 aromatic heterocycles. The van der Waals surface area contributed by atoms with Gasteiger partial charge in [-0.1, -0.05) is 10.3 Å². The van der Waals surface area contributed by atoms with Gasteiger partial charge in [0.15, 0.2) is 23.6 Å². The van der Waals surface area contributed by atoms with Crippen molar-refractivity contribution in [3.63, 3.8) is 0 Å². The maximum absolute atomic E-state index is 13.6. The molecule has 1 aromatic carbocycles. The third-order valence-electron chi connectivity index (χ3n) is 4.58. The Hall–Kier alpha value is -3.64. The molecule has 0 radical (unpaired) electrons. The molecule has 11 nitrogen and oxygen atoms in total. The Balaban J connectivity index is 1.97. The summed E-state index contributed by atoms with van der Waals surface area (Å²) >= 11 is 0. The molecule has 1 saturated heterocycles. The fourth-order valence-corrected chi connectivity index (χ4v) is 3.27. The minimum Gasteiger partial charge on any atom is -0.463 e. The summed E-state index contributed by atoms with van der Waals surface area (Å²) in [6, 6.07) is 0.708. The van der Waals surface area contributed by atoms with Crippen LogP contribution in [0.5, 0.6) is 0 Å². The Morgan fingerprint density at radius 2 is 1.97 bits per heavy atom. The number of carbonyl (C=O) groups is 2. The van der Waals surface area contributed by atoms with Crippen LogP contribution in [0.3, 0.4) is 0 Å². The van der Waals surface area contributed by atoms with Gasteiger partial charge in [-0.2, -0.15) is 0 Å². The summed E-state index contributed by atoms with van der Waals surface area (Å²) in [7, 11) is 0. The van der Waals surface area contributed by atoms with Crippen molar-refractivity contribution in [3.8, 4) is 11.3 Å². The zero-order chi connectivity index (χ0) is 23.4. The molecule has 170 valence electrons. The van der Waals surface area contributed by atoms with Crippen molar-refractivity contribution >= 4 is 11.9 Å². The van der Waals surface area contributed by atoms with Crippen LogP contribution < -0.4 is 0 Å². The first-order valence-corrected chi connectivity index (χ1v) is 9.26. The lowest BCUT2D eigenvalue weighted by molar-refractivity contribution is -0.191. The molecule has 2 heterocycles. The second kappa shape index (κ2) is 9.66. The predicted octanol–water partition coefficient (Wildman–Crippen LogP) is 2.82. The number of hydrogen-bond donors (Lipinski definition) is 0. The molecule has 3 rings (SSSR count). The number of hydrogen-bond acceptors (Lipinski definition) is 8. The fourth-order valence-electron chi connectivity index (χ4n) is 3.27. The Labute approximate surface area is 178 Å². The van der Waals surface area contributed by atoms with Gasteiger partial charge in [0.25, 0.3) is 0 Å². The van der Waals surface area contributed by atoms with Gasteiger partial charge in [0.1, 0.15) is 24.6 Å². The van der Waals surface area contributed by atoms with Gasteiger partial charge in [-0.15, -0.1) is 5.10 Å². The first kappa shape index (κ1) is 23.0. The molecule has 0 amide bonds. The lowest BCUT2D eigenvalue weighted by Gasteiger charge is -2.39. The van der Waals surface area contributed by atoms with E-state index in [0.29, 0.717) is 0 Å². The molecule has 0 bridgehead atoms. The Bertz CT molecular complexity index is 1050. The molecule has 0 N–H and O–H groups in total. The van der Waals surface area contributed by atoms with E-state index in [1.54, 1.807) is 0 Å². The molecule has 1 aliphatic rings. The van der Waals surface area contributed by atoms with E-state index in [-0.39, 0.29) is 24.3 Å². The van der Waals surface area contributed by atoms with Crippen LogP contribution in [0.1, 0.15) is 26.3 Å². The number of carbonyl (C=O) groups excluding carboxylic acids is 2. The third kappa shape index (κ3) is 5.15. The number of benzene rings is 1. The van der Waals surface area contributed by atoms with Crippen LogP contribution in [-0.4, -0.2) is 52.0 Å². The van der Waals surface area contributed by atoms with Gasteiger partial charge in [-0.3, -0.25) is 9.59 Å². The number of nitrogens with zero attached hydrogens (tertiary/aromatic N) is 6. The monoisotopic (exact) mass is 454 g/mol. The highest BCUT2D eigenvalue weighted by Crippen LogP contribution is 2.33. The smallest absolute Gasteiger partial charge is 0.303 e. The Morgan fingerprint density at radius 1 is 1.28 bits per heavy atom. The normalized spacial score (nSPS) is 22.7. The third-order valence-corrected chi connectivity index (χ3v) is 4.58. The molecule has 0 aliphatic carbocycles. The summed E-state index contributed by atoms with van der Waals surface area (Å²) < 4.78 is 57.6. The molecule has 32 heavy (non-hydrogen) atoms. The second-order valence-corrected chi connectivity index (χ2v) is 6.85. The average Bonchev–Trinajstić information content (AvgIpc) is 3.21.